The Morgan fingerprint density at radius 3 is 2.29 bits per heavy atom. The molecule has 1 fully saturated rings. The molecule has 1 aliphatic heterocycles. The lowest BCUT2D eigenvalue weighted by Crippen LogP contribution is -2.50. The molecule has 1 aliphatic rings. The van der Waals surface area contributed by atoms with E-state index in [9.17, 15) is 18.0 Å². The minimum Gasteiger partial charge on any atom is -0.450 e. The lowest BCUT2D eigenvalue weighted by atomic mass is 10.1. The van der Waals surface area contributed by atoms with Crippen LogP contribution < -0.4 is 4.90 Å². The van der Waals surface area contributed by atoms with Crippen molar-refractivity contribution in [3.8, 4) is 0 Å². The summed E-state index contributed by atoms with van der Waals surface area (Å²) in [5.41, 5.74) is 3.50. The van der Waals surface area contributed by atoms with E-state index in [2.05, 4.69) is 11.0 Å². The highest BCUT2D eigenvalue weighted by molar-refractivity contribution is 7.89. The van der Waals surface area contributed by atoms with Gasteiger partial charge in [0.2, 0.25) is 10.0 Å². The number of anilines is 1. The maximum absolute atomic E-state index is 13.7. The SMILES string of the molecule is CCOC(=O)N1CCN(S(=O)(=O)c2ccc(C(=O)N(CCCN(C)C)c3nc4cc(C)cc(C)c4s3)cc2)CC1.Cl. The van der Waals surface area contributed by atoms with E-state index in [1.807, 2.05) is 34.0 Å². The minimum atomic E-state index is -3.77. The number of aromatic nitrogens is 1. The van der Waals surface area contributed by atoms with Gasteiger partial charge < -0.3 is 14.5 Å². The third-order valence-corrected chi connectivity index (χ3v) is 9.92. The van der Waals surface area contributed by atoms with Crippen molar-refractivity contribution in [2.24, 2.45) is 0 Å². The van der Waals surface area contributed by atoms with Gasteiger partial charge in [0.15, 0.2) is 5.13 Å². The molecule has 4 rings (SSSR count). The molecule has 3 aromatic rings. The molecule has 0 atom stereocenters. The molecule has 224 valence electrons. The van der Waals surface area contributed by atoms with Crippen LogP contribution in [0.15, 0.2) is 41.3 Å². The number of nitrogens with zero attached hydrogens (tertiary/aromatic N) is 5. The van der Waals surface area contributed by atoms with Crippen molar-refractivity contribution >= 4 is 61.1 Å². The molecule has 1 aromatic heterocycles. The van der Waals surface area contributed by atoms with Gasteiger partial charge in [-0.15, -0.1) is 12.4 Å². The van der Waals surface area contributed by atoms with Crippen LogP contribution >= 0.6 is 23.7 Å². The Morgan fingerprint density at radius 1 is 1.02 bits per heavy atom. The molecule has 41 heavy (non-hydrogen) atoms. The number of carbonyl (C=O) groups excluding carboxylic acids is 2. The highest BCUT2D eigenvalue weighted by Gasteiger charge is 2.31. The van der Waals surface area contributed by atoms with Gasteiger partial charge in [0.1, 0.15) is 0 Å². The molecule has 0 N–H and O–H groups in total. The standard InChI is InChI=1S/C28H37N5O5S2.ClH/c1-6-38-28(35)31-14-16-32(17-15-31)40(36,37)23-10-8-22(9-11-23)26(34)33(13-7-12-30(4)5)27-29-24-19-20(2)18-21(3)25(24)39-27;/h8-11,18-19H,6-7,12-17H2,1-5H3;1H. The molecular weight excluding hydrogens is 586 g/mol. The molecule has 0 saturated carbocycles. The van der Waals surface area contributed by atoms with Crippen LogP contribution in [0.4, 0.5) is 9.93 Å². The number of carbonyl (C=O) groups is 2. The zero-order valence-electron chi connectivity index (χ0n) is 24.1. The fourth-order valence-electron chi connectivity index (χ4n) is 4.71. The van der Waals surface area contributed by atoms with Crippen molar-refractivity contribution < 1.29 is 22.7 Å². The lowest BCUT2D eigenvalue weighted by molar-refractivity contribution is 0.0933. The van der Waals surface area contributed by atoms with Crippen LogP contribution in [0.1, 0.15) is 34.8 Å². The number of hydrogen-bond acceptors (Lipinski definition) is 8. The maximum Gasteiger partial charge on any atom is 0.409 e. The second-order valence-electron chi connectivity index (χ2n) is 10.2. The zero-order chi connectivity index (χ0) is 29.0. The number of fused-ring (bicyclic) bond motifs is 1. The number of benzene rings is 2. The van der Waals surface area contributed by atoms with Gasteiger partial charge in [0.25, 0.3) is 5.91 Å². The van der Waals surface area contributed by atoms with Crippen molar-refractivity contribution in [3.63, 3.8) is 0 Å². The van der Waals surface area contributed by atoms with Crippen LogP contribution in [-0.2, 0) is 14.8 Å². The van der Waals surface area contributed by atoms with Crippen LogP contribution in [0.5, 0.6) is 0 Å². The predicted molar refractivity (Wildman–Crippen MR) is 165 cm³/mol. The number of ether oxygens (including phenoxy) is 1. The molecule has 0 unspecified atom stereocenters. The maximum atomic E-state index is 13.7. The van der Waals surface area contributed by atoms with E-state index in [1.54, 1.807) is 24.0 Å². The summed E-state index contributed by atoms with van der Waals surface area (Å²) in [6.07, 6.45) is 0.327. The Bertz CT molecular complexity index is 1470. The molecule has 10 nitrogen and oxygen atoms in total. The number of hydrogen-bond donors (Lipinski definition) is 0. The number of sulfonamides is 1. The number of aryl methyl sites for hydroxylation is 2. The first kappa shape index (κ1) is 32.7. The molecule has 0 aliphatic carbocycles. The van der Waals surface area contributed by atoms with Gasteiger partial charge in [-0.2, -0.15) is 4.31 Å². The fraction of sp³-hybridized carbons (Fsp3) is 0.464. The second kappa shape index (κ2) is 13.9. The number of thiazole rings is 1. The highest BCUT2D eigenvalue weighted by atomic mass is 35.5. The van der Waals surface area contributed by atoms with Gasteiger partial charge >= 0.3 is 6.09 Å². The predicted octanol–water partition coefficient (Wildman–Crippen LogP) is 4.40. The van der Waals surface area contributed by atoms with Crippen LogP contribution in [0.3, 0.4) is 0 Å². The van der Waals surface area contributed by atoms with Gasteiger partial charge in [-0.1, -0.05) is 17.4 Å². The molecule has 2 amide bonds. The summed E-state index contributed by atoms with van der Waals surface area (Å²) in [4.78, 5) is 35.9. The van der Waals surface area contributed by atoms with Crippen molar-refractivity contribution in [2.75, 3.05) is 64.9 Å². The fourth-order valence-corrected chi connectivity index (χ4v) is 7.17. The van der Waals surface area contributed by atoms with Crippen LogP contribution in [0.25, 0.3) is 10.2 Å². The molecule has 1 saturated heterocycles. The van der Waals surface area contributed by atoms with Crippen molar-refractivity contribution in [1.82, 2.24) is 19.1 Å². The summed E-state index contributed by atoms with van der Waals surface area (Å²) in [6, 6.07) is 10.2. The van der Waals surface area contributed by atoms with Gasteiger partial charge in [-0.25, -0.2) is 18.2 Å². The Balaban J connectivity index is 0.00000462. The Kier molecular flexibility index (Phi) is 11.1. The minimum absolute atomic E-state index is 0. The number of halogens is 1. The van der Waals surface area contributed by atoms with Crippen LogP contribution in [0.2, 0.25) is 0 Å². The summed E-state index contributed by atoms with van der Waals surface area (Å²) >= 11 is 1.49. The van der Waals surface area contributed by atoms with Crippen molar-refractivity contribution in [3.05, 3.63) is 53.1 Å². The Labute approximate surface area is 252 Å². The van der Waals surface area contributed by atoms with E-state index in [0.717, 1.165) is 34.3 Å². The third-order valence-electron chi connectivity index (χ3n) is 6.78. The molecule has 13 heteroatoms. The Morgan fingerprint density at radius 2 is 1.68 bits per heavy atom. The zero-order valence-corrected chi connectivity index (χ0v) is 26.6. The number of amides is 2. The first-order valence-electron chi connectivity index (χ1n) is 13.4. The average molecular weight is 624 g/mol. The summed E-state index contributed by atoms with van der Waals surface area (Å²) in [5, 5.41) is 0.628. The van der Waals surface area contributed by atoms with Gasteiger partial charge in [-0.05, 0) is 89.3 Å². The van der Waals surface area contributed by atoms with E-state index < -0.39 is 16.1 Å². The molecule has 0 radical (unpaired) electrons. The summed E-state index contributed by atoms with van der Waals surface area (Å²) < 4.78 is 34.0. The second-order valence-corrected chi connectivity index (χ2v) is 13.1. The molecule has 0 spiro atoms. The summed E-state index contributed by atoms with van der Waals surface area (Å²) in [5.74, 6) is -0.223. The first-order valence-corrected chi connectivity index (χ1v) is 15.6. The smallest absolute Gasteiger partial charge is 0.409 e. The van der Waals surface area contributed by atoms with Gasteiger partial charge in [-0.3, -0.25) is 9.69 Å². The van der Waals surface area contributed by atoms with Gasteiger partial charge in [0.05, 0.1) is 21.7 Å². The monoisotopic (exact) mass is 623 g/mol. The van der Waals surface area contributed by atoms with E-state index in [-0.39, 0.29) is 56.0 Å². The third kappa shape index (κ3) is 7.55. The quantitative estimate of drug-likeness (QED) is 0.348. The average Bonchev–Trinajstić information content (AvgIpc) is 3.35. The van der Waals surface area contributed by atoms with Crippen LogP contribution in [0, 0.1) is 13.8 Å². The van der Waals surface area contributed by atoms with E-state index in [0.29, 0.717) is 17.2 Å². The normalized spacial score (nSPS) is 14.2. The van der Waals surface area contributed by atoms with Crippen molar-refractivity contribution in [1.29, 1.82) is 0 Å². The van der Waals surface area contributed by atoms with Crippen LogP contribution in [-0.4, -0.2) is 99.5 Å². The summed E-state index contributed by atoms with van der Waals surface area (Å²) in [7, 11) is 0.209. The lowest BCUT2D eigenvalue weighted by Gasteiger charge is -2.33. The van der Waals surface area contributed by atoms with E-state index >= 15 is 0 Å². The molecule has 2 heterocycles. The van der Waals surface area contributed by atoms with E-state index in [1.165, 1.54) is 32.7 Å². The van der Waals surface area contributed by atoms with Crippen molar-refractivity contribution in [2.45, 2.75) is 32.1 Å². The van der Waals surface area contributed by atoms with Gasteiger partial charge in [0, 0.05) is 38.3 Å². The molecule has 2 aromatic carbocycles. The molecular formula is C28H38ClN5O5S2. The van der Waals surface area contributed by atoms with E-state index in [4.69, 9.17) is 9.72 Å². The molecule has 0 bridgehead atoms. The summed E-state index contributed by atoms with van der Waals surface area (Å²) in [6.45, 7) is 8.26. The topological polar surface area (TPSA) is 103 Å². The number of piperazine rings is 1. The first-order chi connectivity index (χ1) is 19.0. The Hall–Kier alpha value is -2.77. The largest absolute Gasteiger partial charge is 0.450 e. The number of rotatable bonds is 9. The highest BCUT2D eigenvalue weighted by Crippen LogP contribution is 2.33.